The predicted octanol–water partition coefficient (Wildman–Crippen LogP) is 1.44. The predicted molar refractivity (Wildman–Crippen MR) is 81.8 cm³/mol. The standard InChI is InChI=1S/C15H29N3O3/c1-5-17(13(19)9-16)10-12-7-6-8-18(11-12)14(20)21-15(2,3)4/h12H,5-11,16H2,1-4H3. The topological polar surface area (TPSA) is 75.9 Å². The second-order valence-electron chi connectivity index (χ2n) is 6.57. The molecule has 0 radical (unpaired) electrons. The fraction of sp³-hybridized carbons (Fsp3) is 0.867. The third-order valence-corrected chi connectivity index (χ3v) is 3.56. The summed E-state index contributed by atoms with van der Waals surface area (Å²) in [4.78, 5) is 27.3. The van der Waals surface area contributed by atoms with E-state index in [9.17, 15) is 9.59 Å². The van der Waals surface area contributed by atoms with Gasteiger partial charge in [-0.3, -0.25) is 4.79 Å². The maximum absolute atomic E-state index is 12.1. The Hall–Kier alpha value is -1.30. The monoisotopic (exact) mass is 299 g/mol. The number of ether oxygens (including phenoxy) is 1. The minimum Gasteiger partial charge on any atom is -0.444 e. The fourth-order valence-electron chi connectivity index (χ4n) is 2.55. The summed E-state index contributed by atoms with van der Waals surface area (Å²) in [6.45, 7) is 10.3. The summed E-state index contributed by atoms with van der Waals surface area (Å²) in [5.41, 5.74) is 4.95. The Bertz CT molecular complexity index is 366. The highest BCUT2D eigenvalue weighted by Crippen LogP contribution is 2.20. The van der Waals surface area contributed by atoms with Crippen LogP contribution in [-0.2, 0) is 9.53 Å². The Balaban J connectivity index is 2.55. The number of hydrogen-bond donors (Lipinski definition) is 1. The average molecular weight is 299 g/mol. The molecule has 1 atom stereocenters. The van der Waals surface area contributed by atoms with Gasteiger partial charge >= 0.3 is 6.09 Å². The molecular formula is C15H29N3O3. The van der Waals surface area contributed by atoms with Crippen molar-refractivity contribution < 1.29 is 14.3 Å². The zero-order chi connectivity index (χ0) is 16.0. The molecular weight excluding hydrogens is 270 g/mol. The van der Waals surface area contributed by atoms with Crippen molar-refractivity contribution in [2.75, 3.05) is 32.7 Å². The van der Waals surface area contributed by atoms with Crippen molar-refractivity contribution in [3.63, 3.8) is 0 Å². The molecule has 1 rings (SSSR count). The lowest BCUT2D eigenvalue weighted by Gasteiger charge is -2.36. The highest BCUT2D eigenvalue weighted by molar-refractivity contribution is 5.78. The van der Waals surface area contributed by atoms with Crippen molar-refractivity contribution in [3.05, 3.63) is 0 Å². The second-order valence-corrected chi connectivity index (χ2v) is 6.57. The van der Waals surface area contributed by atoms with Gasteiger partial charge in [0.15, 0.2) is 0 Å². The smallest absolute Gasteiger partial charge is 0.410 e. The van der Waals surface area contributed by atoms with Crippen molar-refractivity contribution in [1.82, 2.24) is 9.80 Å². The van der Waals surface area contributed by atoms with E-state index in [2.05, 4.69) is 0 Å². The van der Waals surface area contributed by atoms with Gasteiger partial charge in [0, 0.05) is 26.2 Å². The molecule has 1 unspecified atom stereocenters. The molecule has 0 bridgehead atoms. The van der Waals surface area contributed by atoms with Crippen LogP contribution in [0.25, 0.3) is 0 Å². The molecule has 21 heavy (non-hydrogen) atoms. The van der Waals surface area contributed by atoms with Crippen molar-refractivity contribution in [2.24, 2.45) is 11.7 Å². The van der Waals surface area contributed by atoms with Gasteiger partial charge in [0.05, 0.1) is 6.54 Å². The maximum atomic E-state index is 12.1. The summed E-state index contributed by atoms with van der Waals surface area (Å²) < 4.78 is 5.41. The van der Waals surface area contributed by atoms with Gasteiger partial charge < -0.3 is 20.3 Å². The average Bonchev–Trinajstić information content (AvgIpc) is 2.42. The number of nitrogens with zero attached hydrogens (tertiary/aromatic N) is 2. The molecule has 0 saturated carbocycles. The number of nitrogens with two attached hydrogens (primary N) is 1. The van der Waals surface area contributed by atoms with Crippen LogP contribution in [0.4, 0.5) is 4.79 Å². The summed E-state index contributed by atoms with van der Waals surface area (Å²) in [5, 5.41) is 0. The highest BCUT2D eigenvalue weighted by Gasteiger charge is 2.28. The quantitative estimate of drug-likeness (QED) is 0.852. The van der Waals surface area contributed by atoms with E-state index in [1.165, 1.54) is 0 Å². The first-order valence-corrected chi connectivity index (χ1v) is 7.72. The van der Waals surface area contributed by atoms with Crippen LogP contribution in [0.2, 0.25) is 0 Å². The van der Waals surface area contributed by atoms with Crippen LogP contribution in [0.1, 0.15) is 40.5 Å². The zero-order valence-corrected chi connectivity index (χ0v) is 13.7. The lowest BCUT2D eigenvalue weighted by molar-refractivity contribution is -0.130. The molecule has 1 aliphatic heterocycles. The van der Waals surface area contributed by atoms with E-state index >= 15 is 0 Å². The Labute approximate surface area is 127 Å². The number of likely N-dealkylation sites (tertiary alicyclic amines) is 1. The number of likely N-dealkylation sites (N-methyl/N-ethyl adjacent to an activating group) is 1. The summed E-state index contributed by atoms with van der Waals surface area (Å²) in [6, 6.07) is 0. The lowest BCUT2D eigenvalue weighted by Crippen LogP contribution is -2.47. The molecule has 6 heteroatoms. The van der Waals surface area contributed by atoms with Crippen LogP contribution in [0.15, 0.2) is 0 Å². The number of rotatable bonds is 4. The van der Waals surface area contributed by atoms with Crippen molar-refractivity contribution in [3.8, 4) is 0 Å². The Morgan fingerprint density at radius 1 is 1.38 bits per heavy atom. The van der Waals surface area contributed by atoms with Gasteiger partial charge in [-0.2, -0.15) is 0 Å². The van der Waals surface area contributed by atoms with Crippen LogP contribution < -0.4 is 5.73 Å². The largest absolute Gasteiger partial charge is 0.444 e. The van der Waals surface area contributed by atoms with Gasteiger partial charge in [-0.25, -0.2) is 4.79 Å². The first-order valence-electron chi connectivity index (χ1n) is 7.72. The SMILES string of the molecule is CCN(CC1CCCN(C(=O)OC(C)(C)C)C1)C(=O)CN. The normalized spacial score (nSPS) is 19.3. The van der Waals surface area contributed by atoms with Crippen molar-refractivity contribution >= 4 is 12.0 Å². The van der Waals surface area contributed by atoms with Gasteiger partial charge in [-0.05, 0) is 46.5 Å². The molecule has 6 nitrogen and oxygen atoms in total. The Morgan fingerprint density at radius 2 is 2.05 bits per heavy atom. The number of piperidine rings is 1. The first-order chi connectivity index (χ1) is 9.76. The van der Waals surface area contributed by atoms with E-state index in [1.54, 1.807) is 9.80 Å². The zero-order valence-electron chi connectivity index (χ0n) is 13.7. The summed E-state index contributed by atoms with van der Waals surface area (Å²) in [6.07, 6.45) is 1.70. The Kier molecular flexibility index (Phi) is 6.45. The number of hydrogen-bond acceptors (Lipinski definition) is 4. The molecule has 2 amide bonds. The van der Waals surface area contributed by atoms with E-state index in [0.29, 0.717) is 25.6 Å². The van der Waals surface area contributed by atoms with Gasteiger partial charge in [-0.15, -0.1) is 0 Å². The van der Waals surface area contributed by atoms with Crippen LogP contribution >= 0.6 is 0 Å². The van der Waals surface area contributed by atoms with E-state index in [-0.39, 0.29) is 18.5 Å². The van der Waals surface area contributed by atoms with Crippen LogP contribution in [0, 0.1) is 5.92 Å². The highest BCUT2D eigenvalue weighted by atomic mass is 16.6. The molecule has 0 aromatic carbocycles. The van der Waals surface area contributed by atoms with Crippen LogP contribution in [0.3, 0.4) is 0 Å². The molecule has 1 heterocycles. The van der Waals surface area contributed by atoms with Gasteiger partial charge in [0.2, 0.25) is 5.91 Å². The summed E-state index contributed by atoms with van der Waals surface area (Å²) >= 11 is 0. The number of amides is 2. The van der Waals surface area contributed by atoms with E-state index in [1.807, 2.05) is 27.7 Å². The van der Waals surface area contributed by atoms with Gasteiger partial charge in [0.25, 0.3) is 0 Å². The fourth-order valence-corrected chi connectivity index (χ4v) is 2.55. The third-order valence-electron chi connectivity index (χ3n) is 3.56. The Morgan fingerprint density at radius 3 is 2.57 bits per heavy atom. The van der Waals surface area contributed by atoms with Crippen molar-refractivity contribution in [1.29, 1.82) is 0 Å². The van der Waals surface area contributed by atoms with Crippen molar-refractivity contribution in [2.45, 2.75) is 46.1 Å². The number of carbonyl (C=O) groups excluding carboxylic acids is 2. The molecule has 1 aliphatic rings. The van der Waals surface area contributed by atoms with E-state index < -0.39 is 5.60 Å². The van der Waals surface area contributed by atoms with E-state index in [0.717, 1.165) is 19.4 Å². The summed E-state index contributed by atoms with van der Waals surface area (Å²) in [5.74, 6) is 0.258. The van der Waals surface area contributed by atoms with Crippen LogP contribution in [-0.4, -0.2) is 60.1 Å². The first kappa shape index (κ1) is 17.8. The maximum Gasteiger partial charge on any atom is 0.410 e. The van der Waals surface area contributed by atoms with Crippen LogP contribution in [0.5, 0.6) is 0 Å². The molecule has 1 saturated heterocycles. The minimum absolute atomic E-state index is 0.0353. The van der Waals surface area contributed by atoms with E-state index in [4.69, 9.17) is 10.5 Å². The third kappa shape index (κ3) is 5.91. The molecule has 0 aliphatic carbocycles. The minimum atomic E-state index is -0.477. The molecule has 0 aromatic heterocycles. The lowest BCUT2D eigenvalue weighted by atomic mass is 9.97. The second kappa shape index (κ2) is 7.64. The molecule has 0 aromatic rings. The van der Waals surface area contributed by atoms with Gasteiger partial charge in [-0.1, -0.05) is 0 Å². The molecule has 2 N–H and O–H groups in total. The summed E-state index contributed by atoms with van der Waals surface area (Å²) in [7, 11) is 0. The molecule has 0 spiro atoms. The van der Waals surface area contributed by atoms with Gasteiger partial charge in [0.1, 0.15) is 5.60 Å². The number of carbonyl (C=O) groups is 2. The molecule has 1 fully saturated rings. The molecule has 122 valence electrons.